The number of amides is 1. The summed E-state index contributed by atoms with van der Waals surface area (Å²) in [4.78, 5) is 35.9. The Morgan fingerprint density at radius 2 is 1.92 bits per heavy atom. The maximum absolute atomic E-state index is 12.2. The standard InChI is InChI=1S/C15H21N7O3/c1-3-25-12(24)5-4-11(23)21-6-8-22(9-7-21)15-13-14(16-10-17-15)20(2)19-18-13/h10H,3-9H2,1-2H3. The summed E-state index contributed by atoms with van der Waals surface area (Å²) in [5.41, 5.74) is 1.34. The number of esters is 1. The zero-order valence-electron chi connectivity index (χ0n) is 14.4. The van der Waals surface area contributed by atoms with E-state index in [1.807, 2.05) is 0 Å². The van der Waals surface area contributed by atoms with Gasteiger partial charge in [-0.1, -0.05) is 5.21 Å². The van der Waals surface area contributed by atoms with Crippen LogP contribution in [0.2, 0.25) is 0 Å². The molecular weight excluding hydrogens is 326 g/mol. The molecule has 10 heteroatoms. The molecule has 1 amide bonds. The van der Waals surface area contributed by atoms with E-state index >= 15 is 0 Å². The molecular formula is C15H21N7O3. The Kier molecular flexibility index (Phi) is 5.05. The summed E-state index contributed by atoms with van der Waals surface area (Å²) in [6, 6.07) is 0. The molecule has 2 aromatic heterocycles. The third-order valence-corrected chi connectivity index (χ3v) is 4.15. The third kappa shape index (κ3) is 3.67. The van der Waals surface area contributed by atoms with E-state index in [0.717, 1.165) is 5.82 Å². The molecule has 134 valence electrons. The molecule has 1 fully saturated rings. The van der Waals surface area contributed by atoms with Gasteiger partial charge in [0.05, 0.1) is 13.0 Å². The second-order valence-corrected chi connectivity index (χ2v) is 5.76. The molecule has 0 unspecified atom stereocenters. The van der Waals surface area contributed by atoms with Crippen molar-refractivity contribution in [1.82, 2.24) is 29.9 Å². The predicted molar refractivity (Wildman–Crippen MR) is 88.8 cm³/mol. The lowest BCUT2D eigenvalue weighted by atomic mass is 10.2. The van der Waals surface area contributed by atoms with Gasteiger partial charge in [0.15, 0.2) is 17.0 Å². The van der Waals surface area contributed by atoms with E-state index in [-0.39, 0.29) is 24.7 Å². The number of aromatic nitrogens is 5. The van der Waals surface area contributed by atoms with Gasteiger partial charge in [-0.2, -0.15) is 0 Å². The molecule has 0 aromatic carbocycles. The second-order valence-electron chi connectivity index (χ2n) is 5.76. The molecule has 0 N–H and O–H groups in total. The lowest BCUT2D eigenvalue weighted by Gasteiger charge is -2.35. The highest BCUT2D eigenvalue weighted by molar-refractivity contribution is 5.83. The highest BCUT2D eigenvalue weighted by Gasteiger charge is 2.24. The molecule has 0 spiro atoms. The number of hydrogen-bond acceptors (Lipinski definition) is 8. The molecule has 0 bridgehead atoms. The summed E-state index contributed by atoms with van der Waals surface area (Å²) < 4.78 is 6.46. The average molecular weight is 347 g/mol. The lowest BCUT2D eigenvalue weighted by molar-refractivity contribution is -0.145. The van der Waals surface area contributed by atoms with Crippen molar-refractivity contribution in [1.29, 1.82) is 0 Å². The van der Waals surface area contributed by atoms with Gasteiger partial charge in [0, 0.05) is 39.6 Å². The molecule has 0 atom stereocenters. The number of carbonyl (C=O) groups is 2. The van der Waals surface area contributed by atoms with Crippen molar-refractivity contribution in [3.05, 3.63) is 6.33 Å². The van der Waals surface area contributed by atoms with E-state index in [9.17, 15) is 9.59 Å². The topological polar surface area (TPSA) is 106 Å². The van der Waals surface area contributed by atoms with Gasteiger partial charge in [-0.05, 0) is 6.92 Å². The van der Waals surface area contributed by atoms with Crippen LogP contribution in [0.15, 0.2) is 6.33 Å². The summed E-state index contributed by atoms with van der Waals surface area (Å²) in [7, 11) is 1.78. The van der Waals surface area contributed by atoms with Crippen molar-refractivity contribution in [3.8, 4) is 0 Å². The molecule has 1 saturated heterocycles. The van der Waals surface area contributed by atoms with Gasteiger partial charge in [0.25, 0.3) is 0 Å². The first-order valence-corrected chi connectivity index (χ1v) is 8.29. The van der Waals surface area contributed by atoms with Crippen LogP contribution in [0.4, 0.5) is 5.82 Å². The van der Waals surface area contributed by atoms with Gasteiger partial charge < -0.3 is 14.5 Å². The Hall–Kier alpha value is -2.78. The Labute approximate surface area is 144 Å². The van der Waals surface area contributed by atoms with E-state index in [1.165, 1.54) is 6.33 Å². The average Bonchev–Trinajstić information content (AvgIpc) is 3.01. The normalized spacial score (nSPS) is 14.8. The van der Waals surface area contributed by atoms with Crippen molar-refractivity contribution in [3.63, 3.8) is 0 Å². The molecule has 0 aliphatic carbocycles. The fraction of sp³-hybridized carbons (Fsp3) is 0.600. The number of carbonyl (C=O) groups excluding carboxylic acids is 2. The highest BCUT2D eigenvalue weighted by Crippen LogP contribution is 2.21. The largest absolute Gasteiger partial charge is 0.466 e. The van der Waals surface area contributed by atoms with Gasteiger partial charge in [0.1, 0.15) is 6.33 Å². The van der Waals surface area contributed by atoms with Crippen molar-refractivity contribution >= 4 is 28.9 Å². The predicted octanol–water partition coefficient (Wildman–Crippen LogP) is -0.250. The first kappa shape index (κ1) is 17.1. The molecule has 3 heterocycles. The highest BCUT2D eigenvalue weighted by atomic mass is 16.5. The van der Waals surface area contributed by atoms with Crippen molar-refractivity contribution in [2.45, 2.75) is 19.8 Å². The van der Waals surface area contributed by atoms with E-state index in [4.69, 9.17) is 4.74 Å². The van der Waals surface area contributed by atoms with Crippen molar-refractivity contribution < 1.29 is 14.3 Å². The Bertz CT molecular complexity index is 768. The van der Waals surface area contributed by atoms with Crippen LogP contribution >= 0.6 is 0 Å². The SMILES string of the molecule is CCOC(=O)CCC(=O)N1CCN(c2ncnc3c2nnn3C)CC1. The number of aryl methyl sites for hydroxylation is 1. The molecule has 2 aromatic rings. The fourth-order valence-electron chi connectivity index (χ4n) is 2.84. The van der Waals surface area contributed by atoms with Gasteiger partial charge in [0.2, 0.25) is 5.91 Å². The van der Waals surface area contributed by atoms with Crippen LogP contribution in [0.25, 0.3) is 11.2 Å². The summed E-state index contributed by atoms with van der Waals surface area (Å²) >= 11 is 0. The van der Waals surface area contributed by atoms with Crippen LogP contribution in [0, 0.1) is 0 Å². The molecule has 0 radical (unpaired) electrons. The van der Waals surface area contributed by atoms with Crippen LogP contribution in [0.1, 0.15) is 19.8 Å². The fourth-order valence-corrected chi connectivity index (χ4v) is 2.84. The number of nitrogens with zero attached hydrogens (tertiary/aromatic N) is 7. The third-order valence-electron chi connectivity index (χ3n) is 4.15. The van der Waals surface area contributed by atoms with Gasteiger partial charge in [-0.15, -0.1) is 5.10 Å². The number of ether oxygens (including phenoxy) is 1. The molecule has 1 aliphatic heterocycles. The number of rotatable bonds is 5. The molecule has 3 rings (SSSR count). The zero-order chi connectivity index (χ0) is 17.8. The summed E-state index contributed by atoms with van der Waals surface area (Å²) in [5, 5.41) is 8.11. The minimum Gasteiger partial charge on any atom is -0.466 e. The molecule has 1 aliphatic rings. The minimum absolute atomic E-state index is 0.0277. The molecule has 25 heavy (non-hydrogen) atoms. The van der Waals surface area contributed by atoms with Gasteiger partial charge >= 0.3 is 5.97 Å². The zero-order valence-corrected chi connectivity index (χ0v) is 14.4. The number of hydrogen-bond donors (Lipinski definition) is 0. The van der Waals surface area contributed by atoms with Crippen LogP contribution < -0.4 is 4.90 Å². The van der Waals surface area contributed by atoms with E-state index in [1.54, 1.807) is 23.6 Å². The second kappa shape index (κ2) is 7.41. The first-order chi connectivity index (χ1) is 12.1. The number of anilines is 1. The smallest absolute Gasteiger partial charge is 0.306 e. The maximum atomic E-state index is 12.2. The van der Waals surface area contributed by atoms with Gasteiger partial charge in [-0.3, -0.25) is 9.59 Å². The Morgan fingerprint density at radius 1 is 1.16 bits per heavy atom. The van der Waals surface area contributed by atoms with Crippen LogP contribution in [-0.2, 0) is 21.4 Å². The van der Waals surface area contributed by atoms with E-state index < -0.39 is 0 Å². The summed E-state index contributed by atoms with van der Waals surface area (Å²) in [6.07, 6.45) is 1.80. The lowest BCUT2D eigenvalue weighted by Crippen LogP contribution is -2.49. The monoisotopic (exact) mass is 347 g/mol. The quantitative estimate of drug-likeness (QED) is 0.682. The van der Waals surface area contributed by atoms with Crippen LogP contribution in [-0.4, -0.2) is 74.5 Å². The summed E-state index contributed by atoms with van der Waals surface area (Å²) in [6.45, 7) is 4.53. The minimum atomic E-state index is -0.333. The Balaban J connectivity index is 1.58. The number of fused-ring (bicyclic) bond motifs is 1. The first-order valence-electron chi connectivity index (χ1n) is 8.29. The van der Waals surface area contributed by atoms with E-state index in [0.29, 0.717) is 43.9 Å². The molecule has 10 nitrogen and oxygen atoms in total. The summed E-state index contributed by atoms with van der Waals surface area (Å²) in [5.74, 6) is 0.372. The molecule has 0 saturated carbocycles. The van der Waals surface area contributed by atoms with Crippen LogP contribution in [0.3, 0.4) is 0 Å². The van der Waals surface area contributed by atoms with Crippen molar-refractivity contribution in [2.24, 2.45) is 7.05 Å². The maximum Gasteiger partial charge on any atom is 0.306 e. The van der Waals surface area contributed by atoms with Crippen LogP contribution in [0.5, 0.6) is 0 Å². The van der Waals surface area contributed by atoms with E-state index in [2.05, 4.69) is 25.2 Å². The van der Waals surface area contributed by atoms with Crippen molar-refractivity contribution in [2.75, 3.05) is 37.7 Å². The van der Waals surface area contributed by atoms with Gasteiger partial charge in [-0.25, -0.2) is 14.6 Å². The Morgan fingerprint density at radius 3 is 2.64 bits per heavy atom. The number of piperazine rings is 1.